The van der Waals surface area contributed by atoms with Crippen LogP contribution in [0.4, 0.5) is 5.69 Å². The molecule has 0 spiro atoms. The van der Waals surface area contributed by atoms with Crippen LogP contribution in [0.5, 0.6) is 0 Å². The number of nitro benzene ring substituents is 1. The number of nitro groups is 1. The zero-order chi connectivity index (χ0) is 20.6. The Kier molecular flexibility index (Phi) is 5.15. The van der Waals surface area contributed by atoms with Crippen molar-refractivity contribution in [2.45, 2.75) is 57.1 Å². The Labute approximate surface area is 169 Å². The third-order valence-electron chi connectivity index (χ3n) is 6.58. The van der Waals surface area contributed by atoms with Crippen molar-refractivity contribution in [3.63, 3.8) is 0 Å². The molecule has 29 heavy (non-hydrogen) atoms. The van der Waals surface area contributed by atoms with Gasteiger partial charge in [-0.15, -0.1) is 0 Å². The predicted molar refractivity (Wildman–Crippen MR) is 107 cm³/mol. The highest BCUT2D eigenvalue weighted by Gasteiger charge is 2.51. The molecule has 4 aliphatic rings. The van der Waals surface area contributed by atoms with Gasteiger partial charge >= 0.3 is 5.97 Å². The van der Waals surface area contributed by atoms with Crippen LogP contribution in [0.25, 0.3) is 6.08 Å². The topological polar surface area (TPSA) is 98.5 Å². The molecule has 0 heterocycles. The number of benzene rings is 1. The predicted octanol–water partition coefficient (Wildman–Crippen LogP) is 3.62. The van der Waals surface area contributed by atoms with Crippen LogP contribution in [-0.2, 0) is 14.3 Å². The maximum atomic E-state index is 12.7. The summed E-state index contributed by atoms with van der Waals surface area (Å²) in [6.07, 6.45) is 8.75. The van der Waals surface area contributed by atoms with Gasteiger partial charge in [-0.05, 0) is 74.8 Å². The van der Waals surface area contributed by atoms with E-state index in [1.54, 1.807) is 19.1 Å². The lowest BCUT2D eigenvalue weighted by molar-refractivity contribution is -0.384. The van der Waals surface area contributed by atoms with Crippen molar-refractivity contribution in [1.29, 1.82) is 0 Å². The van der Waals surface area contributed by atoms with Crippen LogP contribution in [-0.4, -0.2) is 28.4 Å². The lowest BCUT2D eigenvalue weighted by Gasteiger charge is -2.57. The number of nitrogens with zero attached hydrogens (tertiary/aromatic N) is 1. The summed E-state index contributed by atoms with van der Waals surface area (Å²) in [5.74, 6) is 1.26. The van der Waals surface area contributed by atoms with Crippen LogP contribution >= 0.6 is 0 Å². The van der Waals surface area contributed by atoms with E-state index in [9.17, 15) is 19.7 Å². The van der Waals surface area contributed by atoms with Crippen molar-refractivity contribution < 1.29 is 19.2 Å². The number of rotatable bonds is 6. The summed E-state index contributed by atoms with van der Waals surface area (Å²) in [7, 11) is 0. The van der Waals surface area contributed by atoms with Crippen LogP contribution in [0.15, 0.2) is 30.3 Å². The second-order valence-corrected chi connectivity index (χ2v) is 8.95. The summed E-state index contributed by atoms with van der Waals surface area (Å²) in [5.41, 5.74) is 0.344. The molecule has 0 aromatic heterocycles. The van der Waals surface area contributed by atoms with Crippen LogP contribution in [0, 0.1) is 27.9 Å². The van der Waals surface area contributed by atoms with E-state index in [2.05, 4.69) is 5.32 Å². The molecular formula is C22H26N2O5. The van der Waals surface area contributed by atoms with Gasteiger partial charge in [0.1, 0.15) is 0 Å². The van der Waals surface area contributed by atoms with Gasteiger partial charge in [0.2, 0.25) is 0 Å². The summed E-state index contributed by atoms with van der Waals surface area (Å²) in [6, 6.07) is 5.95. The Morgan fingerprint density at radius 2 is 1.83 bits per heavy atom. The number of carbonyl (C=O) groups excluding carboxylic acids is 2. The van der Waals surface area contributed by atoms with Crippen LogP contribution < -0.4 is 5.32 Å². The van der Waals surface area contributed by atoms with Crippen molar-refractivity contribution in [2.75, 3.05) is 0 Å². The fourth-order valence-corrected chi connectivity index (χ4v) is 5.80. The first-order valence-corrected chi connectivity index (χ1v) is 10.3. The zero-order valence-corrected chi connectivity index (χ0v) is 16.5. The number of carbonyl (C=O) groups is 2. The molecule has 4 aliphatic carbocycles. The standard InChI is InChI=1S/C22H26N2O5/c1-14(29-20(25)6-5-15-3-2-4-19(10-15)24(27)28)21(26)23-22-11-16-7-17(12-22)9-18(8-16)13-22/h2-6,10,14,16-18H,7-9,11-13H2,1H3,(H,23,26)/b6-5+. The molecule has 1 aromatic rings. The van der Waals surface area contributed by atoms with Crippen molar-refractivity contribution >= 4 is 23.6 Å². The third-order valence-corrected chi connectivity index (χ3v) is 6.58. The van der Waals surface area contributed by atoms with Crippen molar-refractivity contribution in [3.8, 4) is 0 Å². The highest BCUT2D eigenvalue weighted by atomic mass is 16.6. The minimum absolute atomic E-state index is 0.0520. The first kappa shape index (κ1) is 19.6. The Morgan fingerprint density at radius 1 is 1.21 bits per heavy atom. The van der Waals surface area contributed by atoms with E-state index >= 15 is 0 Å². The molecule has 1 unspecified atom stereocenters. The van der Waals surface area contributed by atoms with Crippen LogP contribution in [0.2, 0.25) is 0 Å². The Morgan fingerprint density at radius 3 is 2.41 bits per heavy atom. The molecular weight excluding hydrogens is 372 g/mol. The van der Waals surface area contributed by atoms with Gasteiger partial charge in [-0.2, -0.15) is 0 Å². The molecule has 4 bridgehead atoms. The molecule has 7 nitrogen and oxygen atoms in total. The minimum atomic E-state index is -0.884. The summed E-state index contributed by atoms with van der Waals surface area (Å²) < 4.78 is 5.25. The smallest absolute Gasteiger partial charge is 0.331 e. The average molecular weight is 398 g/mol. The molecule has 1 N–H and O–H groups in total. The van der Waals surface area contributed by atoms with E-state index in [0.29, 0.717) is 5.56 Å². The lowest BCUT2D eigenvalue weighted by Crippen LogP contribution is -2.61. The first-order valence-electron chi connectivity index (χ1n) is 10.3. The fourth-order valence-electron chi connectivity index (χ4n) is 5.80. The maximum Gasteiger partial charge on any atom is 0.331 e. The molecule has 0 aliphatic heterocycles. The van der Waals surface area contributed by atoms with Gasteiger partial charge < -0.3 is 10.1 Å². The average Bonchev–Trinajstić information content (AvgIpc) is 2.65. The summed E-state index contributed by atoms with van der Waals surface area (Å²) >= 11 is 0. The van der Waals surface area contributed by atoms with E-state index in [-0.39, 0.29) is 17.1 Å². The molecule has 1 atom stereocenters. The monoisotopic (exact) mass is 398 g/mol. The SMILES string of the molecule is CC(OC(=O)/C=C/c1cccc([N+](=O)[O-])c1)C(=O)NC12CC3CC(CC(C3)C1)C2. The largest absolute Gasteiger partial charge is 0.449 e. The van der Waals surface area contributed by atoms with Gasteiger partial charge in [0.15, 0.2) is 6.10 Å². The Balaban J connectivity index is 1.32. The number of hydrogen-bond donors (Lipinski definition) is 1. The van der Waals surface area contributed by atoms with Gasteiger partial charge in [0.05, 0.1) is 4.92 Å². The molecule has 5 rings (SSSR count). The lowest BCUT2D eigenvalue weighted by atomic mass is 9.53. The van der Waals surface area contributed by atoms with Crippen molar-refractivity contribution in [3.05, 3.63) is 46.0 Å². The van der Waals surface area contributed by atoms with Crippen molar-refractivity contribution in [1.82, 2.24) is 5.32 Å². The minimum Gasteiger partial charge on any atom is -0.449 e. The van der Waals surface area contributed by atoms with Gasteiger partial charge in [-0.25, -0.2) is 4.79 Å². The first-order chi connectivity index (χ1) is 13.8. The molecule has 7 heteroatoms. The summed E-state index contributed by atoms with van der Waals surface area (Å²) in [6.45, 7) is 1.58. The molecule has 4 fully saturated rings. The summed E-state index contributed by atoms with van der Waals surface area (Å²) in [5, 5.41) is 14.0. The van der Waals surface area contributed by atoms with Crippen LogP contribution in [0.1, 0.15) is 51.0 Å². The number of non-ortho nitro benzene ring substituents is 1. The molecule has 154 valence electrons. The quantitative estimate of drug-likeness (QED) is 0.341. The molecule has 1 amide bonds. The van der Waals surface area contributed by atoms with E-state index in [4.69, 9.17) is 4.74 Å². The summed E-state index contributed by atoms with van der Waals surface area (Å²) in [4.78, 5) is 35.1. The van der Waals surface area contributed by atoms with Gasteiger partial charge in [0, 0.05) is 23.7 Å². The van der Waals surface area contributed by atoms with Gasteiger partial charge in [0.25, 0.3) is 11.6 Å². The zero-order valence-electron chi connectivity index (χ0n) is 16.5. The number of amides is 1. The Bertz CT molecular complexity index is 827. The highest BCUT2D eigenvalue weighted by Crippen LogP contribution is 2.55. The highest BCUT2D eigenvalue weighted by molar-refractivity contribution is 5.90. The van der Waals surface area contributed by atoms with E-state index in [1.807, 2.05) is 0 Å². The molecule has 0 radical (unpaired) electrons. The van der Waals surface area contributed by atoms with E-state index in [1.165, 1.54) is 43.5 Å². The molecule has 1 aromatic carbocycles. The second kappa shape index (κ2) is 7.61. The second-order valence-electron chi connectivity index (χ2n) is 8.95. The van der Waals surface area contributed by atoms with Crippen molar-refractivity contribution in [2.24, 2.45) is 17.8 Å². The van der Waals surface area contributed by atoms with E-state index < -0.39 is 17.0 Å². The number of esters is 1. The van der Waals surface area contributed by atoms with Gasteiger partial charge in [-0.3, -0.25) is 14.9 Å². The Hall–Kier alpha value is -2.70. The van der Waals surface area contributed by atoms with E-state index in [0.717, 1.165) is 37.0 Å². The maximum absolute atomic E-state index is 12.7. The van der Waals surface area contributed by atoms with Gasteiger partial charge in [-0.1, -0.05) is 12.1 Å². The normalized spacial score (nSPS) is 30.9. The number of ether oxygens (including phenoxy) is 1. The molecule has 4 saturated carbocycles. The van der Waals surface area contributed by atoms with Crippen LogP contribution in [0.3, 0.4) is 0 Å². The number of hydrogen-bond acceptors (Lipinski definition) is 5. The fraction of sp³-hybridized carbons (Fsp3) is 0.545. The molecule has 0 saturated heterocycles. The third kappa shape index (κ3) is 4.33. The number of nitrogens with one attached hydrogen (secondary N) is 1.